The highest BCUT2D eigenvalue weighted by Crippen LogP contribution is 2.49. The van der Waals surface area contributed by atoms with Crippen LogP contribution < -0.4 is 5.32 Å². The summed E-state index contributed by atoms with van der Waals surface area (Å²) in [7, 11) is 1.98. The van der Waals surface area contributed by atoms with Crippen LogP contribution in [0.2, 0.25) is 0 Å². The average Bonchev–Trinajstić information content (AvgIpc) is 2.26. The highest BCUT2D eigenvalue weighted by Gasteiger charge is 2.44. The van der Waals surface area contributed by atoms with Crippen molar-refractivity contribution in [2.45, 2.75) is 38.0 Å². The quantitative estimate of drug-likeness (QED) is 0.823. The molecule has 0 aliphatic heterocycles. The van der Waals surface area contributed by atoms with E-state index >= 15 is 0 Å². The van der Waals surface area contributed by atoms with E-state index in [4.69, 9.17) is 0 Å². The van der Waals surface area contributed by atoms with Crippen LogP contribution in [0.3, 0.4) is 0 Å². The third-order valence-corrected chi connectivity index (χ3v) is 4.01. The summed E-state index contributed by atoms with van der Waals surface area (Å²) in [6.45, 7) is 3.19. The van der Waals surface area contributed by atoms with Crippen LogP contribution in [0, 0.1) is 11.7 Å². The molecule has 0 spiro atoms. The molecule has 0 aromatic heterocycles. The Morgan fingerprint density at radius 1 is 1.41 bits per heavy atom. The maximum atomic E-state index is 13.3. The van der Waals surface area contributed by atoms with Crippen molar-refractivity contribution in [2.75, 3.05) is 13.6 Å². The molecule has 0 radical (unpaired) electrons. The molecule has 1 N–H and O–H groups in total. The minimum atomic E-state index is -0.114. The monoisotopic (exact) mass is 235 g/mol. The Labute approximate surface area is 103 Å². The second-order valence-corrected chi connectivity index (χ2v) is 5.38. The van der Waals surface area contributed by atoms with Crippen molar-refractivity contribution in [3.8, 4) is 0 Å². The molecule has 1 aliphatic rings. The summed E-state index contributed by atoms with van der Waals surface area (Å²) in [5.41, 5.74) is 1.34. The van der Waals surface area contributed by atoms with Crippen molar-refractivity contribution in [3.63, 3.8) is 0 Å². The fraction of sp³-hybridized carbons (Fsp3) is 0.600. The van der Waals surface area contributed by atoms with Crippen LogP contribution in [0.15, 0.2) is 24.3 Å². The zero-order valence-electron chi connectivity index (χ0n) is 10.8. The number of likely N-dealkylation sites (N-methyl/N-ethyl adjacent to an activating group) is 1. The second-order valence-electron chi connectivity index (χ2n) is 5.38. The Hall–Kier alpha value is -0.890. The molecule has 94 valence electrons. The van der Waals surface area contributed by atoms with Gasteiger partial charge in [0.2, 0.25) is 0 Å². The summed E-state index contributed by atoms with van der Waals surface area (Å²) in [5, 5.41) is 3.27. The lowest BCUT2D eigenvalue weighted by Gasteiger charge is -2.48. The topological polar surface area (TPSA) is 12.0 Å². The van der Waals surface area contributed by atoms with E-state index in [9.17, 15) is 4.39 Å². The third-order valence-electron chi connectivity index (χ3n) is 4.01. The van der Waals surface area contributed by atoms with Crippen LogP contribution in [0.4, 0.5) is 4.39 Å². The first-order valence-electron chi connectivity index (χ1n) is 6.61. The fourth-order valence-electron chi connectivity index (χ4n) is 3.30. The summed E-state index contributed by atoms with van der Waals surface area (Å²) in [4.78, 5) is 0. The van der Waals surface area contributed by atoms with Gasteiger partial charge in [0.1, 0.15) is 5.82 Å². The molecule has 1 nitrogen and oxygen atoms in total. The molecular formula is C15H22FN. The first kappa shape index (κ1) is 12.6. The largest absolute Gasteiger partial charge is 0.319 e. The van der Waals surface area contributed by atoms with Crippen molar-refractivity contribution in [1.29, 1.82) is 0 Å². The molecule has 17 heavy (non-hydrogen) atoms. The molecule has 1 saturated carbocycles. The van der Waals surface area contributed by atoms with Crippen molar-refractivity contribution >= 4 is 0 Å². The molecule has 2 heteroatoms. The summed E-state index contributed by atoms with van der Waals surface area (Å²) in [6, 6.07) is 7.14. The van der Waals surface area contributed by atoms with Gasteiger partial charge in [0.15, 0.2) is 0 Å². The van der Waals surface area contributed by atoms with Crippen molar-refractivity contribution < 1.29 is 4.39 Å². The van der Waals surface area contributed by atoms with E-state index in [1.807, 2.05) is 13.1 Å². The van der Waals surface area contributed by atoms with Gasteiger partial charge in [0.05, 0.1) is 0 Å². The minimum absolute atomic E-state index is 0.114. The van der Waals surface area contributed by atoms with Gasteiger partial charge < -0.3 is 5.32 Å². The fourth-order valence-corrected chi connectivity index (χ4v) is 3.30. The normalized spacial score (nSPS) is 27.8. The van der Waals surface area contributed by atoms with E-state index in [1.165, 1.54) is 37.3 Å². The van der Waals surface area contributed by atoms with Gasteiger partial charge in [-0.15, -0.1) is 0 Å². The van der Waals surface area contributed by atoms with Crippen molar-refractivity contribution in [3.05, 3.63) is 35.6 Å². The third kappa shape index (κ3) is 2.52. The van der Waals surface area contributed by atoms with Gasteiger partial charge in [-0.2, -0.15) is 0 Å². The van der Waals surface area contributed by atoms with E-state index in [0.717, 1.165) is 12.5 Å². The van der Waals surface area contributed by atoms with Crippen LogP contribution in [0.25, 0.3) is 0 Å². The van der Waals surface area contributed by atoms with Crippen LogP contribution in [0.1, 0.15) is 38.2 Å². The zero-order chi connectivity index (χ0) is 12.3. The smallest absolute Gasteiger partial charge is 0.123 e. The van der Waals surface area contributed by atoms with Crippen LogP contribution in [-0.4, -0.2) is 13.6 Å². The molecular weight excluding hydrogens is 213 g/mol. The maximum absolute atomic E-state index is 13.3. The number of halogens is 1. The SMILES string of the molecule is CCCC1CC(CNC)(c2cccc(F)c2)C1. The Balaban J connectivity index is 2.14. The molecule has 0 heterocycles. The molecule has 1 aromatic carbocycles. The highest BCUT2D eigenvalue weighted by atomic mass is 19.1. The number of nitrogens with one attached hydrogen (secondary N) is 1. The van der Waals surface area contributed by atoms with Crippen LogP contribution in [0.5, 0.6) is 0 Å². The number of hydrogen-bond acceptors (Lipinski definition) is 1. The number of rotatable bonds is 5. The summed E-state index contributed by atoms with van der Waals surface area (Å²) in [6.07, 6.45) is 4.96. The predicted octanol–water partition coefficient (Wildman–Crippen LogP) is 3.49. The molecule has 1 fully saturated rings. The zero-order valence-corrected chi connectivity index (χ0v) is 10.8. The van der Waals surface area contributed by atoms with Gasteiger partial charge in [-0.25, -0.2) is 4.39 Å². The van der Waals surface area contributed by atoms with Crippen LogP contribution >= 0.6 is 0 Å². The molecule has 1 aromatic rings. The summed E-state index contributed by atoms with van der Waals surface area (Å²) >= 11 is 0. The van der Waals surface area contributed by atoms with Crippen molar-refractivity contribution in [1.82, 2.24) is 5.32 Å². The molecule has 0 bridgehead atoms. The summed E-state index contributed by atoms with van der Waals surface area (Å²) in [5.74, 6) is 0.716. The predicted molar refractivity (Wildman–Crippen MR) is 69.6 cm³/mol. The van der Waals surface area contributed by atoms with E-state index in [-0.39, 0.29) is 11.2 Å². The van der Waals surface area contributed by atoms with Gasteiger partial charge in [-0.3, -0.25) is 0 Å². The van der Waals surface area contributed by atoms with Gasteiger partial charge in [0.25, 0.3) is 0 Å². The second kappa shape index (κ2) is 5.18. The average molecular weight is 235 g/mol. The summed E-state index contributed by atoms with van der Waals surface area (Å²) < 4.78 is 13.3. The van der Waals surface area contributed by atoms with Crippen molar-refractivity contribution in [2.24, 2.45) is 5.92 Å². The number of benzene rings is 1. The van der Waals surface area contributed by atoms with E-state index in [2.05, 4.69) is 18.3 Å². The lowest BCUT2D eigenvalue weighted by atomic mass is 9.57. The highest BCUT2D eigenvalue weighted by molar-refractivity contribution is 5.30. The Morgan fingerprint density at radius 2 is 2.18 bits per heavy atom. The van der Waals surface area contributed by atoms with Crippen LogP contribution in [-0.2, 0) is 5.41 Å². The first-order chi connectivity index (χ1) is 8.20. The van der Waals surface area contributed by atoms with Gasteiger partial charge in [-0.1, -0.05) is 31.9 Å². The Kier molecular flexibility index (Phi) is 3.82. The van der Waals surface area contributed by atoms with E-state index in [1.54, 1.807) is 6.07 Å². The lowest BCUT2D eigenvalue weighted by molar-refractivity contribution is 0.131. The van der Waals surface area contributed by atoms with E-state index in [0.29, 0.717) is 0 Å². The van der Waals surface area contributed by atoms with Gasteiger partial charge in [-0.05, 0) is 43.5 Å². The lowest BCUT2D eigenvalue weighted by Crippen LogP contribution is -2.47. The van der Waals surface area contributed by atoms with Gasteiger partial charge >= 0.3 is 0 Å². The Morgan fingerprint density at radius 3 is 2.76 bits per heavy atom. The molecule has 2 rings (SSSR count). The standard InChI is InChI=1S/C15H22FN/c1-3-5-12-9-15(10-12,11-17-2)13-6-4-7-14(16)8-13/h4,6-8,12,17H,3,5,9-11H2,1-2H3. The maximum Gasteiger partial charge on any atom is 0.123 e. The molecule has 0 saturated heterocycles. The van der Waals surface area contributed by atoms with E-state index < -0.39 is 0 Å². The molecule has 1 aliphatic carbocycles. The first-order valence-corrected chi connectivity index (χ1v) is 6.61. The molecule has 0 unspecified atom stereocenters. The Bertz CT molecular complexity index is 369. The molecule has 0 atom stereocenters. The number of hydrogen-bond donors (Lipinski definition) is 1. The minimum Gasteiger partial charge on any atom is -0.319 e. The molecule has 0 amide bonds. The van der Waals surface area contributed by atoms with Gasteiger partial charge in [0, 0.05) is 12.0 Å².